The third-order valence-electron chi connectivity index (χ3n) is 4.34. The Balaban J connectivity index is 0.00000576. The molecule has 4 N–H and O–H groups in total. The molecule has 0 aliphatic carbocycles. The Morgan fingerprint density at radius 1 is 1.16 bits per heavy atom. The highest BCUT2D eigenvalue weighted by Crippen LogP contribution is 2.17. The van der Waals surface area contributed by atoms with Crippen LogP contribution in [0.2, 0.25) is 0 Å². The highest BCUT2D eigenvalue weighted by atomic mass is 127. The van der Waals surface area contributed by atoms with Crippen LogP contribution >= 0.6 is 24.0 Å². The van der Waals surface area contributed by atoms with E-state index >= 15 is 0 Å². The lowest BCUT2D eigenvalue weighted by Gasteiger charge is -2.32. The van der Waals surface area contributed by atoms with E-state index in [0.29, 0.717) is 24.5 Å². The molecular formula is C16H36IN5O2S. The molecule has 1 rings (SSSR count). The van der Waals surface area contributed by atoms with E-state index in [1.807, 2.05) is 6.92 Å². The fourth-order valence-electron chi connectivity index (χ4n) is 3.01. The van der Waals surface area contributed by atoms with Gasteiger partial charge in [0.15, 0.2) is 5.96 Å². The summed E-state index contributed by atoms with van der Waals surface area (Å²) in [6, 6.07) is 0.414. The van der Waals surface area contributed by atoms with E-state index in [9.17, 15) is 8.42 Å². The van der Waals surface area contributed by atoms with Crippen molar-refractivity contribution in [2.24, 2.45) is 16.0 Å². The fraction of sp³-hybridized carbons (Fsp3) is 0.938. The summed E-state index contributed by atoms with van der Waals surface area (Å²) >= 11 is 0. The molecule has 25 heavy (non-hydrogen) atoms. The maximum Gasteiger partial charge on any atom is 0.210 e. The Morgan fingerprint density at radius 3 is 2.24 bits per heavy atom. The molecule has 0 aromatic rings. The van der Waals surface area contributed by atoms with Crippen LogP contribution < -0.4 is 15.8 Å². The third-order valence-corrected chi connectivity index (χ3v) is 5.11. The lowest BCUT2D eigenvalue weighted by molar-refractivity contribution is 0.166. The molecule has 0 radical (unpaired) electrons. The van der Waals surface area contributed by atoms with Crippen LogP contribution in [0.5, 0.6) is 0 Å². The standard InChI is InChI=1S/C16H35N5O2S.HI/c1-4-18-16(19-9-12-24(17,22)23)20-13-15(14(2)3)21-10-7-5-6-8-11-21;/h14-15H,4-13H2,1-3H3,(H2,17,22,23)(H2,18,19,20);1H. The summed E-state index contributed by atoms with van der Waals surface area (Å²) in [5.41, 5.74) is 0. The number of guanidine groups is 1. The summed E-state index contributed by atoms with van der Waals surface area (Å²) in [5.74, 6) is 1.08. The molecule has 1 atom stereocenters. The van der Waals surface area contributed by atoms with Crippen molar-refractivity contribution in [1.29, 1.82) is 0 Å². The van der Waals surface area contributed by atoms with E-state index in [1.54, 1.807) is 0 Å². The summed E-state index contributed by atoms with van der Waals surface area (Å²) < 4.78 is 22.1. The number of aliphatic imine (C=N–C) groups is 1. The summed E-state index contributed by atoms with van der Waals surface area (Å²) in [6.45, 7) is 10.5. The molecule has 1 unspecified atom stereocenters. The molecule has 0 spiro atoms. The summed E-state index contributed by atoms with van der Waals surface area (Å²) in [7, 11) is -3.45. The third kappa shape index (κ3) is 11.2. The zero-order valence-corrected chi connectivity index (χ0v) is 19.0. The minimum Gasteiger partial charge on any atom is -0.357 e. The Hall–Kier alpha value is -0.130. The highest BCUT2D eigenvalue weighted by molar-refractivity contribution is 14.0. The van der Waals surface area contributed by atoms with Crippen molar-refractivity contribution >= 4 is 40.0 Å². The smallest absolute Gasteiger partial charge is 0.210 e. The van der Waals surface area contributed by atoms with Gasteiger partial charge < -0.3 is 10.6 Å². The normalized spacial score (nSPS) is 18.4. The first-order chi connectivity index (χ1) is 11.3. The number of nitrogens with one attached hydrogen (secondary N) is 2. The van der Waals surface area contributed by atoms with Gasteiger partial charge in [0.05, 0.1) is 12.3 Å². The molecule has 1 saturated heterocycles. The Morgan fingerprint density at radius 2 is 1.76 bits per heavy atom. The molecule has 1 fully saturated rings. The topological polar surface area (TPSA) is 99.8 Å². The van der Waals surface area contributed by atoms with Gasteiger partial charge in [-0.05, 0) is 38.8 Å². The molecule has 0 amide bonds. The molecular weight excluding hydrogens is 453 g/mol. The molecule has 7 nitrogen and oxygen atoms in total. The number of halogens is 1. The van der Waals surface area contributed by atoms with E-state index in [-0.39, 0.29) is 36.3 Å². The molecule has 0 saturated carbocycles. The predicted molar refractivity (Wildman–Crippen MR) is 116 cm³/mol. The molecule has 150 valence electrons. The van der Waals surface area contributed by atoms with Crippen LogP contribution in [0.15, 0.2) is 4.99 Å². The second kappa shape index (κ2) is 13.1. The van der Waals surface area contributed by atoms with Gasteiger partial charge in [0.1, 0.15) is 0 Å². The molecule has 1 heterocycles. The summed E-state index contributed by atoms with van der Waals surface area (Å²) in [5, 5.41) is 11.2. The van der Waals surface area contributed by atoms with Crippen molar-refractivity contribution in [2.75, 3.05) is 38.5 Å². The van der Waals surface area contributed by atoms with E-state index in [2.05, 4.69) is 34.4 Å². The van der Waals surface area contributed by atoms with Gasteiger partial charge in [-0.25, -0.2) is 13.6 Å². The minimum absolute atomic E-state index is 0. The molecule has 0 aromatic heterocycles. The van der Waals surface area contributed by atoms with Gasteiger partial charge in [0.2, 0.25) is 10.0 Å². The zero-order chi connectivity index (χ0) is 18.0. The number of nitrogens with two attached hydrogens (primary N) is 1. The van der Waals surface area contributed by atoms with Gasteiger partial charge in [0, 0.05) is 19.1 Å². The van der Waals surface area contributed by atoms with Crippen LogP contribution in [0.4, 0.5) is 0 Å². The Kier molecular flexibility index (Phi) is 13.0. The molecule has 1 aliphatic heterocycles. The average Bonchev–Trinajstić information content (AvgIpc) is 2.75. The van der Waals surface area contributed by atoms with Crippen molar-refractivity contribution in [2.45, 2.75) is 52.5 Å². The fourth-order valence-corrected chi connectivity index (χ4v) is 3.40. The van der Waals surface area contributed by atoms with Crippen molar-refractivity contribution in [1.82, 2.24) is 15.5 Å². The minimum atomic E-state index is -3.45. The number of likely N-dealkylation sites (tertiary alicyclic amines) is 1. The Bertz CT molecular complexity index is 477. The SMILES string of the molecule is CCNC(=NCC(C(C)C)N1CCCCCC1)NCCS(N)(=O)=O.I. The number of hydrogen-bond acceptors (Lipinski definition) is 4. The molecule has 9 heteroatoms. The van der Waals surface area contributed by atoms with E-state index in [4.69, 9.17) is 5.14 Å². The molecule has 1 aliphatic rings. The van der Waals surface area contributed by atoms with Gasteiger partial charge in [-0.1, -0.05) is 26.7 Å². The maximum absolute atomic E-state index is 11.0. The second-order valence-electron chi connectivity index (χ2n) is 6.77. The first-order valence-electron chi connectivity index (χ1n) is 9.10. The second-order valence-corrected chi connectivity index (χ2v) is 8.51. The van der Waals surface area contributed by atoms with Crippen LogP contribution in [0, 0.1) is 5.92 Å². The Labute approximate surface area is 170 Å². The number of sulfonamides is 1. The van der Waals surface area contributed by atoms with Crippen molar-refractivity contribution in [3.8, 4) is 0 Å². The van der Waals surface area contributed by atoms with Crippen molar-refractivity contribution in [3.05, 3.63) is 0 Å². The van der Waals surface area contributed by atoms with E-state index in [1.165, 1.54) is 25.7 Å². The summed E-state index contributed by atoms with van der Waals surface area (Å²) in [6.07, 6.45) is 5.17. The van der Waals surface area contributed by atoms with Gasteiger partial charge >= 0.3 is 0 Å². The largest absolute Gasteiger partial charge is 0.357 e. The monoisotopic (exact) mass is 489 g/mol. The van der Waals surface area contributed by atoms with Gasteiger partial charge in [-0.3, -0.25) is 9.89 Å². The lowest BCUT2D eigenvalue weighted by atomic mass is 10.0. The van der Waals surface area contributed by atoms with Gasteiger partial charge in [-0.2, -0.15) is 0 Å². The number of nitrogens with zero attached hydrogens (tertiary/aromatic N) is 2. The van der Waals surface area contributed by atoms with Crippen molar-refractivity contribution < 1.29 is 8.42 Å². The number of primary sulfonamides is 1. The lowest BCUT2D eigenvalue weighted by Crippen LogP contribution is -2.44. The molecule has 0 aromatic carbocycles. The average molecular weight is 489 g/mol. The highest BCUT2D eigenvalue weighted by Gasteiger charge is 2.22. The number of rotatable bonds is 8. The quantitative estimate of drug-likeness (QED) is 0.272. The van der Waals surface area contributed by atoms with Gasteiger partial charge in [-0.15, -0.1) is 24.0 Å². The van der Waals surface area contributed by atoms with Crippen LogP contribution in [0.1, 0.15) is 46.5 Å². The van der Waals surface area contributed by atoms with Crippen molar-refractivity contribution in [3.63, 3.8) is 0 Å². The van der Waals surface area contributed by atoms with Crippen LogP contribution in [0.25, 0.3) is 0 Å². The molecule has 0 bridgehead atoms. The first kappa shape index (κ1) is 24.9. The van der Waals surface area contributed by atoms with E-state index < -0.39 is 10.0 Å². The predicted octanol–water partition coefficient (Wildman–Crippen LogP) is 1.35. The zero-order valence-electron chi connectivity index (χ0n) is 15.8. The summed E-state index contributed by atoms with van der Waals surface area (Å²) in [4.78, 5) is 7.24. The number of hydrogen-bond donors (Lipinski definition) is 3. The van der Waals surface area contributed by atoms with Gasteiger partial charge in [0.25, 0.3) is 0 Å². The van der Waals surface area contributed by atoms with E-state index in [0.717, 1.165) is 19.6 Å². The van der Waals surface area contributed by atoms with Crippen LogP contribution in [0.3, 0.4) is 0 Å². The van der Waals surface area contributed by atoms with Crippen LogP contribution in [-0.2, 0) is 10.0 Å². The van der Waals surface area contributed by atoms with Crippen LogP contribution in [-0.4, -0.2) is 63.8 Å². The first-order valence-corrected chi connectivity index (χ1v) is 10.8. The maximum atomic E-state index is 11.0.